The van der Waals surface area contributed by atoms with Crippen molar-refractivity contribution in [2.24, 2.45) is 0 Å². The molecule has 0 fully saturated rings. The third kappa shape index (κ3) is 3.83. The molecule has 0 saturated heterocycles. The summed E-state index contributed by atoms with van der Waals surface area (Å²) in [5.74, 6) is 0.701. The van der Waals surface area contributed by atoms with E-state index in [4.69, 9.17) is 0 Å². The van der Waals surface area contributed by atoms with Crippen LogP contribution >= 0.6 is 0 Å². The molecule has 2 aromatic carbocycles. The molecule has 0 aliphatic carbocycles. The van der Waals surface area contributed by atoms with Crippen LogP contribution in [0, 0.1) is 0 Å². The molecule has 100 valence electrons. The lowest BCUT2D eigenvalue weighted by molar-refractivity contribution is 0.390. The zero-order valence-corrected chi connectivity index (χ0v) is 11.6. The van der Waals surface area contributed by atoms with Crippen molar-refractivity contribution in [1.82, 2.24) is 4.90 Å². The minimum atomic E-state index is 0.322. The van der Waals surface area contributed by atoms with E-state index in [1.807, 2.05) is 18.2 Å². The standard InChI is InChI=1S/C17H21NO/c1-18(2)13-12-17(14-6-4-3-5-7-14)15-8-10-16(19)11-9-15/h3-11,17,19H,12-13H2,1-2H3. The summed E-state index contributed by atoms with van der Waals surface area (Å²) in [6, 6.07) is 18.1. The van der Waals surface area contributed by atoms with Gasteiger partial charge < -0.3 is 10.0 Å². The maximum Gasteiger partial charge on any atom is 0.115 e. The van der Waals surface area contributed by atoms with Crippen LogP contribution in [0.5, 0.6) is 5.75 Å². The van der Waals surface area contributed by atoms with Gasteiger partial charge in [-0.25, -0.2) is 0 Å². The lowest BCUT2D eigenvalue weighted by Crippen LogP contribution is -2.16. The molecule has 0 aliphatic rings. The first-order chi connectivity index (χ1) is 9.16. The van der Waals surface area contributed by atoms with Crippen LogP contribution < -0.4 is 0 Å². The second-order valence-corrected chi connectivity index (χ2v) is 5.15. The molecule has 2 rings (SSSR count). The van der Waals surface area contributed by atoms with E-state index >= 15 is 0 Å². The first kappa shape index (κ1) is 13.6. The first-order valence-electron chi connectivity index (χ1n) is 6.65. The van der Waals surface area contributed by atoms with Gasteiger partial charge >= 0.3 is 0 Å². The van der Waals surface area contributed by atoms with E-state index in [1.165, 1.54) is 11.1 Å². The van der Waals surface area contributed by atoms with Gasteiger partial charge in [-0.1, -0.05) is 42.5 Å². The maximum absolute atomic E-state index is 9.42. The van der Waals surface area contributed by atoms with Crippen LogP contribution in [0.4, 0.5) is 0 Å². The summed E-state index contributed by atoms with van der Waals surface area (Å²) in [7, 11) is 4.19. The predicted octanol–water partition coefficient (Wildman–Crippen LogP) is 3.48. The van der Waals surface area contributed by atoms with Gasteiger partial charge in [0.2, 0.25) is 0 Å². The second kappa shape index (κ2) is 6.39. The number of hydrogen-bond donors (Lipinski definition) is 1. The molecule has 0 spiro atoms. The topological polar surface area (TPSA) is 23.5 Å². The van der Waals surface area contributed by atoms with E-state index in [0.29, 0.717) is 11.7 Å². The van der Waals surface area contributed by atoms with Crippen molar-refractivity contribution in [3.05, 3.63) is 65.7 Å². The van der Waals surface area contributed by atoms with Crippen molar-refractivity contribution >= 4 is 0 Å². The fourth-order valence-corrected chi connectivity index (χ4v) is 2.31. The minimum Gasteiger partial charge on any atom is -0.508 e. The van der Waals surface area contributed by atoms with Crippen molar-refractivity contribution < 1.29 is 5.11 Å². The van der Waals surface area contributed by atoms with Crippen LogP contribution in [-0.2, 0) is 0 Å². The molecule has 0 saturated carbocycles. The highest BCUT2D eigenvalue weighted by Gasteiger charge is 2.14. The molecule has 19 heavy (non-hydrogen) atoms. The smallest absolute Gasteiger partial charge is 0.115 e. The highest BCUT2D eigenvalue weighted by Crippen LogP contribution is 2.29. The average Bonchev–Trinajstić information content (AvgIpc) is 2.42. The molecule has 1 unspecified atom stereocenters. The Morgan fingerprint density at radius 3 is 2.05 bits per heavy atom. The fourth-order valence-electron chi connectivity index (χ4n) is 2.31. The molecular formula is C17H21NO. The summed E-state index contributed by atoms with van der Waals surface area (Å²) in [4.78, 5) is 2.20. The molecule has 1 N–H and O–H groups in total. The minimum absolute atomic E-state index is 0.322. The van der Waals surface area contributed by atoms with E-state index in [0.717, 1.165) is 13.0 Å². The van der Waals surface area contributed by atoms with E-state index in [1.54, 1.807) is 12.1 Å². The normalized spacial score (nSPS) is 12.6. The molecule has 0 bridgehead atoms. The van der Waals surface area contributed by atoms with Gasteiger partial charge in [-0.05, 0) is 50.3 Å². The third-order valence-corrected chi connectivity index (χ3v) is 3.36. The summed E-state index contributed by atoms with van der Waals surface area (Å²) in [5.41, 5.74) is 2.58. The van der Waals surface area contributed by atoms with Crippen molar-refractivity contribution in [2.75, 3.05) is 20.6 Å². The molecule has 0 radical (unpaired) electrons. The Balaban J connectivity index is 2.26. The lowest BCUT2D eigenvalue weighted by atomic mass is 9.88. The zero-order valence-electron chi connectivity index (χ0n) is 11.6. The highest BCUT2D eigenvalue weighted by molar-refractivity contribution is 5.35. The van der Waals surface area contributed by atoms with Crippen LogP contribution in [-0.4, -0.2) is 30.6 Å². The largest absolute Gasteiger partial charge is 0.508 e. The van der Waals surface area contributed by atoms with Gasteiger partial charge in [0, 0.05) is 5.92 Å². The number of phenolic OH excluding ortho intramolecular Hbond substituents is 1. The number of aromatic hydroxyl groups is 1. The van der Waals surface area contributed by atoms with Gasteiger partial charge in [0.25, 0.3) is 0 Å². The van der Waals surface area contributed by atoms with Crippen LogP contribution in [0.25, 0.3) is 0 Å². The molecular weight excluding hydrogens is 234 g/mol. The number of nitrogens with zero attached hydrogens (tertiary/aromatic N) is 1. The molecule has 0 heterocycles. The first-order valence-corrected chi connectivity index (χ1v) is 6.65. The number of benzene rings is 2. The SMILES string of the molecule is CN(C)CCC(c1ccccc1)c1ccc(O)cc1. The molecule has 2 heteroatoms. The van der Waals surface area contributed by atoms with Crippen LogP contribution in [0.1, 0.15) is 23.5 Å². The number of phenols is 1. The Morgan fingerprint density at radius 2 is 1.47 bits per heavy atom. The molecule has 0 amide bonds. The number of hydrogen-bond acceptors (Lipinski definition) is 2. The summed E-state index contributed by atoms with van der Waals surface area (Å²) in [6.45, 7) is 1.04. The van der Waals surface area contributed by atoms with Crippen molar-refractivity contribution in [2.45, 2.75) is 12.3 Å². The van der Waals surface area contributed by atoms with E-state index < -0.39 is 0 Å². The van der Waals surface area contributed by atoms with Crippen LogP contribution in [0.2, 0.25) is 0 Å². The summed E-state index contributed by atoms with van der Waals surface area (Å²) >= 11 is 0. The van der Waals surface area contributed by atoms with Gasteiger partial charge in [0.1, 0.15) is 5.75 Å². The van der Waals surface area contributed by atoms with Crippen molar-refractivity contribution in [3.8, 4) is 5.75 Å². The summed E-state index contributed by atoms with van der Waals surface area (Å²) in [6.07, 6.45) is 1.07. The molecule has 0 aliphatic heterocycles. The molecule has 2 nitrogen and oxygen atoms in total. The lowest BCUT2D eigenvalue weighted by Gasteiger charge is -2.20. The monoisotopic (exact) mass is 255 g/mol. The Kier molecular flexibility index (Phi) is 4.58. The zero-order chi connectivity index (χ0) is 13.7. The van der Waals surface area contributed by atoms with E-state index in [-0.39, 0.29) is 0 Å². The maximum atomic E-state index is 9.42. The van der Waals surface area contributed by atoms with Crippen molar-refractivity contribution in [1.29, 1.82) is 0 Å². The quantitative estimate of drug-likeness (QED) is 0.884. The van der Waals surface area contributed by atoms with Crippen LogP contribution in [0.3, 0.4) is 0 Å². The van der Waals surface area contributed by atoms with E-state index in [2.05, 4.69) is 43.3 Å². The molecule has 0 aromatic heterocycles. The van der Waals surface area contributed by atoms with Gasteiger partial charge in [-0.15, -0.1) is 0 Å². The van der Waals surface area contributed by atoms with Gasteiger partial charge in [-0.3, -0.25) is 0 Å². The second-order valence-electron chi connectivity index (χ2n) is 5.15. The Morgan fingerprint density at radius 1 is 0.895 bits per heavy atom. The van der Waals surface area contributed by atoms with Gasteiger partial charge in [-0.2, -0.15) is 0 Å². The van der Waals surface area contributed by atoms with Gasteiger partial charge in [0.15, 0.2) is 0 Å². The predicted molar refractivity (Wildman–Crippen MR) is 79.6 cm³/mol. The fraction of sp³-hybridized carbons (Fsp3) is 0.294. The highest BCUT2D eigenvalue weighted by atomic mass is 16.3. The third-order valence-electron chi connectivity index (χ3n) is 3.36. The Labute approximate surface area is 115 Å². The van der Waals surface area contributed by atoms with Crippen molar-refractivity contribution in [3.63, 3.8) is 0 Å². The molecule has 1 atom stereocenters. The van der Waals surface area contributed by atoms with Crippen LogP contribution in [0.15, 0.2) is 54.6 Å². The summed E-state index contributed by atoms with van der Waals surface area (Å²) < 4.78 is 0. The van der Waals surface area contributed by atoms with E-state index in [9.17, 15) is 5.11 Å². The summed E-state index contributed by atoms with van der Waals surface area (Å²) in [5, 5.41) is 9.42. The Bertz CT molecular complexity index is 490. The Hall–Kier alpha value is -1.80. The van der Waals surface area contributed by atoms with Gasteiger partial charge in [0.05, 0.1) is 0 Å². The molecule has 2 aromatic rings. The number of rotatable bonds is 5. The average molecular weight is 255 g/mol.